The molecule has 246 valence electrons. The third-order valence-corrected chi connectivity index (χ3v) is 7.99. The minimum absolute atomic E-state index is 0.176. The Bertz CT molecular complexity index is 1600. The van der Waals surface area contributed by atoms with Crippen molar-refractivity contribution >= 4 is 28.5 Å². The lowest BCUT2D eigenvalue weighted by Gasteiger charge is -2.35. The van der Waals surface area contributed by atoms with Gasteiger partial charge in [0.15, 0.2) is 0 Å². The molecule has 0 bridgehead atoms. The summed E-state index contributed by atoms with van der Waals surface area (Å²) in [5.74, 6) is 0.657. The molecule has 0 saturated carbocycles. The number of amides is 1. The lowest BCUT2D eigenvalue weighted by molar-refractivity contribution is -0.0334. The molecule has 1 atom stereocenters. The first-order chi connectivity index (χ1) is 22.1. The normalized spacial score (nSPS) is 16.4. The molecule has 11 nitrogen and oxygen atoms in total. The average molecular weight is 635 g/mol. The van der Waals surface area contributed by atoms with Crippen LogP contribution in [0.3, 0.4) is 0 Å². The highest BCUT2D eigenvalue weighted by Crippen LogP contribution is 2.33. The molecule has 12 heteroatoms. The fourth-order valence-electron chi connectivity index (χ4n) is 5.42. The van der Waals surface area contributed by atoms with Gasteiger partial charge in [0.2, 0.25) is 0 Å². The van der Waals surface area contributed by atoms with Gasteiger partial charge in [0, 0.05) is 54.6 Å². The SMILES string of the molecule is C1COCCO1.CC(c1ccc2cnc(Nc3ccc(-n4ccc(CO)n4)cc3F)cc2n1)C1CCN(C(=O)OC(C)(C)C)CC1. The highest BCUT2D eigenvalue weighted by Gasteiger charge is 2.30. The number of nitrogens with zero attached hydrogens (tertiary/aromatic N) is 5. The fraction of sp³-hybridized carbons (Fsp3) is 0.471. The molecule has 0 aliphatic carbocycles. The summed E-state index contributed by atoms with van der Waals surface area (Å²) in [7, 11) is 0. The number of nitrogens with one attached hydrogen (secondary N) is 1. The van der Waals surface area contributed by atoms with Gasteiger partial charge in [-0.25, -0.2) is 18.9 Å². The fourth-order valence-corrected chi connectivity index (χ4v) is 5.42. The van der Waals surface area contributed by atoms with Gasteiger partial charge in [0.1, 0.15) is 17.2 Å². The van der Waals surface area contributed by atoms with Crippen LogP contribution in [0.25, 0.3) is 16.6 Å². The second-order valence-corrected chi connectivity index (χ2v) is 12.5. The second-order valence-electron chi connectivity index (χ2n) is 12.5. The summed E-state index contributed by atoms with van der Waals surface area (Å²) < 4.78 is 31.9. The summed E-state index contributed by atoms with van der Waals surface area (Å²) >= 11 is 0. The summed E-state index contributed by atoms with van der Waals surface area (Å²) in [5.41, 5.74) is 2.60. The quantitative estimate of drug-likeness (QED) is 0.264. The smallest absolute Gasteiger partial charge is 0.410 e. The van der Waals surface area contributed by atoms with Crippen LogP contribution in [0.4, 0.5) is 20.7 Å². The van der Waals surface area contributed by atoms with Crippen LogP contribution in [0.1, 0.15) is 57.8 Å². The number of aromatic nitrogens is 4. The molecule has 1 aromatic carbocycles. The van der Waals surface area contributed by atoms with Crippen LogP contribution in [0.5, 0.6) is 0 Å². The molecule has 4 aromatic rings. The third kappa shape index (κ3) is 8.77. The lowest BCUT2D eigenvalue weighted by atomic mass is 9.83. The van der Waals surface area contributed by atoms with Crippen molar-refractivity contribution in [2.75, 3.05) is 44.8 Å². The monoisotopic (exact) mass is 634 g/mol. The van der Waals surface area contributed by atoms with Crippen LogP contribution in [-0.2, 0) is 20.8 Å². The van der Waals surface area contributed by atoms with E-state index in [0.29, 0.717) is 36.2 Å². The third-order valence-electron chi connectivity index (χ3n) is 7.99. The Morgan fingerprint density at radius 2 is 1.80 bits per heavy atom. The number of halogens is 1. The number of aliphatic hydroxyl groups is 1. The van der Waals surface area contributed by atoms with Crippen molar-refractivity contribution in [1.82, 2.24) is 24.6 Å². The highest BCUT2D eigenvalue weighted by atomic mass is 19.1. The van der Waals surface area contributed by atoms with Crippen LogP contribution in [0, 0.1) is 11.7 Å². The number of pyridine rings is 2. The number of anilines is 2. The number of hydrogen-bond donors (Lipinski definition) is 2. The molecule has 0 radical (unpaired) electrons. The van der Waals surface area contributed by atoms with Gasteiger partial charge in [-0.1, -0.05) is 6.92 Å². The average Bonchev–Trinajstić information content (AvgIpc) is 3.55. The van der Waals surface area contributed by atoms with Crippen molar-refractivity contribution < 1.29 is 28.5 Å². The number of carbonyl (C=O) groups excluding carboxylic acids is 1. The molecule has 0 spiro atoms. The molecule has 5 heterocycles. The maximum atomic E-state index is 14.9. The molecule has 2 N–H and O–H groups in total. The zero-order valence-corrected chi connectivity index (χ0v) is 26.9. The van der Waals surface area contributed by atoms with E-state index in [-0.39, 0.29) is 24.3 Å². The van der Waals surface area contributed by atoms with Gasteiger partial charge in [-0.15, -0.1) is 0 Å². The molecule has 3 aromatic heterocycles. The number of benzene rings is 1. The lowest BCUT2D eigenvalue weighted by Crippen LogP contribution is -2.42. The van der Waals surface area contributed by atoms with Gasteiger partial charge in [-0.3, -0.25) is 4.98 Å². The maximum Gasteiger partial charge on any atom is 0.410 e. The van der Waals surface area contributed by atoms with Gasteiger partial charge >= 0.3 is 6.09 Å². The molecule has 46 heavy (non-hydrogen) atoms. The van der Waals surface area contributed by atoms with Gasteiger partial charge < -0.3 is 29.5 Å². The molecule has 2 aliphatic heterocycles. The van der Waals surface area contributed by atoms with E-state index in [9.17, 15) is 14.3 Å². The van der Waals surface area contributed by atoms with Crippen molar-refractivity contribution in [3.8, 4) is 5.69 Å². The van der Waals surface area contributed by atoms with Crippen LogP contribution in [0.2, 0.25) is 0 Å². The predicted octanol–water partition coefficient (Wildman–Crippen LogP) is 5.97. The topological polar surface area (TPSA) is 124 Å². The number of piperidine rings is 1. The minimum Gasteiger partial charge on any atom is -0.444 e. The van der Waals surface area contributed by atoms with Gasteiger partial charge in [-0.05, 0) is 69.9 Å². The Morgan fingerprint density at radius 3 is 2.41 bits per heavy atom. The number of rotatable bonds is 6. The number of carbonyl (C=O) groups is 1. The Hall–Kier alpha value is -4.13. The molecule has 2 aliphatic rings. The Balaban J connectivity index is 0.000000624. The first kappa shape index (κ1) is 33.2. The van der Waals surface area contributed by atoms with Gasteiger partial charge in [0.05, 0.1) is 55.6 Å². The van der Waals surface area contributed by atoms with Crippen LogP contribution >= 0.6 is 0 Å². The second kappa shape index (κ2) is 15.0. The van der Waals surface area contributed by atoms with Crippen molar-refractivity contribution in [3.63, 3.8) is 0 Å². The highest BCUT2D eigenvalue weighted by molar-refractivity contribution is 5.81. The van der Waals surface area contributed by atoms with Gasteiger partial charge in [-0.2, -0.15) is 5.10 Å². The van der Waals surface area contributed by atoms with E-state index in [1.165, 1.54) is 10.7 Å². The molecule has 1 unspecified atom stereocenters. The molecule has 2 fully saturated rings. The number of aliphatic hydroxyl groups excluding tert-OH is 1. The first-order valence-corrected chi connectivity index (χ1v) is 15.7. The van der Waals surface area contributed by atoms with E-state index in [2.05, 4.69) is 22.3 Å². The maximum absolute atomic E-state index is 14.9. The van der Waals surface area contributed by atoms with Crippen molar-refractivity contribution in [2.45, 2.75) is 58.7 Å². The largest absolute Gasteiger partial charge is 0.444 e. The van der Waals surface area contributed by atoms with E-state index in [1.54, 1.807) is 35.5 Å². The molecule has 2 saturated heterocycles. The number of likely N-dealkylation sites (tertiary alicyclic amines) is 1. The van der Waals surface area contributed by atoms with E-state index in [4.69, 9.17) is 19.2 Å². The van der Waals surface area contributed by atoms with Crippen LogP contribution in [-0.4, -0.2) is 81.0 Å². The van der Waals surface area contributed by atoms with E-state index < -0.39 is 11.4 Å². The standard InChI is InChI=1S/C30H35FN6O3.C4H8O2/c1-19(20-9-12-36(13-10-20)29(39)40-30(2,3)4)25-7-5-21-17-32-28(16-27(21)33-25)34-26-8-6-23(15-24(26)31)37-14-11-22(18-38)35-37;1-2-6-4-3-5-1/h5-8,11,14-17,19-20,38H,9-10,12-13,18H2,1-4H3,(H,32,34);1-4H2. The number of hydrogen-bond acceptors (Lipinski definition) is 9. The van der Waals surface area contributed by atoms with Crippen LogP contribution < -0.4 is 5.32 Å². The molecular formula is C34H43FN6O5. The van der Waals surface area contributed by atoms with E-state index in [0.717, 1.165) is 55.9 Å². The molecule has 6 rings (SSSR count). The van der Waals surface area contributed by atoms with E-state index >= 15 is 0 Å². The summed E-state index contributed by atoms with van der Waals surface area (Å²) in [6, 6.07) is 12.3. The van der Waals surface area contributed by atoms with Gasteiger partial charge in [0.25, 0.3) is 0 Å². The Labute approximate surface area is 268 Å². The minimum atomic E-state index is -0.501. The first-order valence-electron chi connectivity index (χ1n) is 15.7. The molecular weight excluding hydrogens is 591 g/mol. The zero-order valence-electron chi connectivity index (χ0n) is 26.9. The van der Waals surface area contributed by atoms with E-state index in [1.807, 2.05) is 39.0 Å². The van der Waals surface area contributed by atoms with Crippen molar-refractivity contribution in [2.24, 2.45) is 5.92 Å². The van der Waals surface area contributed by atoms with Crippen LogP contribution in [0.15, 0.2) is 54.9 Å². The number of ether oxygens (including phenoxy) is 3. The predicted molar refractivity (Wildman–Crippen MR) is 173 cm³/mol. The summed E-state index contributed by atoms with van der Waals surface area (Å²) in [4.78, 5) is 23.6. The molecule has 1 amide bonds. The Morgan fingerprint density at radius 1 is 1.09 bits per heavy atom. The summed E-state index contributed by atoms with van der Waals surface area (Å²) in [5, 5.41) is 17.4. The van der Waals surface area contributed by atoms with Crippen molar-refractivity contribution in [1.29, 1.82) is 0 Å². The van der Waals surface area contributed by atoms with Crippen molar-refractivity contribution in [3.05, 3.63) is 72.1 Å². The zero-order chi connectivity index (χ0) is 32.7. The number of fused-ring (bicyclic) bond motifs is 1. The summed E-state index contributed by atoms with van der Waals surface area (Å²) in [6.07, 6.45) is 4.92. The summed E-state index contributed by atoms with van der Waals surface area (Å²) in [6.45, 7) is 12.1. The Kier molecular flexibility index (Phi) is 10.8.